The molecular formula is C17H23ClN2O4. The summed E-state index contributed by atoms with van der Waals surface area (Å²) in [6.45, 7) is 6.14. The van der Waals surface area contributed by atoms with Crippen LogP contribution in [-0.2, 0) is 16.1 Å². The standard InChI is InChI=1S/C17H23ClN2O4/c1-16(2,3)24-15(23)20-9-8-17(11-20,14(21)22)19-10-12-4-6-13(18)7-5-12/h4-7,19H,8-11H2,1-3H3,(H,21,22). The molecule has 1 unspecified atom stereocenters. The number of rotatable bonds is 4. The van der Waals surface area contributed by atoms with Gasteiger partial charge in [-0.1, -0.05) is 23.7 Å². The third kappa shape index (κ3) is 4.61. The number of hydrogen-bond donors (Lipinski definition) is 2. The van der Waals surface area contributed by atoms with Gasteiger partial charge >= 0.3 is 12.1 Å². The molecular weight excluding hydrogens is 332 g/mol. The first-order valence-electron chi connectivity index (χ1n) is 7.82. The Bertz CT molecular complexity index is 612. The van der Waals surface area contributed by atoms with Crippen LogP contribution in [0.2, 0.25) is 5.02 Å². The molecule has 24 heavy (non-hydrogen) atoms. The van der Waals surface area contributed by atoms with Gasteiger partial charge in [-0.05, 0) is 44.9 Å². The second-order valence-corrected chi connectivity index (χ2v) is 7.46. The fraction of sp³-hybridized carbons (Fsp3) is 0.529. The van der Waals surface area contributed by atoms with Gasteiger partial charge in [-0.15, -0.1) is 0 Å². The number of benzene rings is 1. The van der Waals surface area contributed by atoms with Crippen LogP contribution in [0, 0.1) is 0 Å². The molecule has 0 bridgehead atoms. The molecule has 2 rings (SSSR count). The zero-order valence-electron chi connectivity index (χ0n) is 14.1. The fourth-order valence-corrected chi connectivity index (χ4v) is 2.69. The van der Waals surface area contributed by atoms with Crippen LogP contribution in [0.25, 0.3) is 0 Å². The predicted molar refractivity (Wildman–Crippen MR) is 91.1 cm³/mol. The van der Waals surface area contributed by atoms with Crippen LogP contribution in [0.3, 0.4) is 0 Å². The fourth-order valence-electron chi connectivity index (χ4n) is 2.56. The van der Waals surface area contributed by atoms with Gasteiger partial charge < -0.3 is 14.7 Å². The molecule has 1 aromatic carbocycles. The van der Waals surface area contributed by atoms with Crippen molar-refractivity contribution in [3.05, 3.63) is 34.9 Å². The molecule has 0 radical (unpaired) electrons. The molecule has 0 spiro atoms. The summed E-state index contributed by atoms with van der Waals surface area (Å²) in [6, 6.07) is 7.19. The van der Waals surface area contributed by atoms with Gasteiger partial charge in [0.2, 0.25) is 0 Å². The van der Waals surface area contributed by atoms with Gasteiger partial charge in [0.25, 0.3) is 0 Å². The van der Waals surface area contributed by atoms with Crippen LogP contribution in [0.4, 0.5) is 4.79 Å². The Kier molecular flexibility index (Phi) is 5.40. The number of likely N-dealkylation sites (tertiary alicyclic amines) is 1. The Morgan fingerprint density at radius 1 is 1.33 bits per heavy atom. The van der Waals surface area contributed by atoms with Crippen molar-refractivity contribution >= 4 is 23.7 Å². The van der Waals surface area contributed by atoms with E-state index < -0.39 is 23.2 Å². The first-order chi connectivity index (χ1) is 11.1. The molecule has 7 heteroatoms. The second-order valence-electron chi connectivity index (χ2n) is 7.02. The van der Waals surface area contributed by atoms with E-state index in [0.29, 0.717) is 24.5 Å². The zero-order chi connectivity index (χ0) is 18.0. The Hall–Kier alpha value is -1.79. The number of hydrogen-bond acceptors (Lipinski definition) is 4. The molecule has 1 fully saturated rings. The van der Waals surface area contributed by atoms with Crippen molar-refractivity contribution in [1.82, 2.24) is 10.2 Å². The molecule has 0 aromatic heterocycles. The Morgan fingerprint density at radius 2 is 1.96 bits per heavy atom. The molecule has 1 heterocycles. The van der Waals surface area contributed by atoms with E-state index in [-0.39, 0.29) is 6.54 Å². The maximum absolute atomic E-state index is 12.2. The molecule has 6 nitrogen and oxygen atoms in total. The summed E-state index contributed by atoms with van der Waals surface area (Å²) in [4.78, 5) is 25.4. The van der Waals surface area contributed by atoms with Crippen molar-refractivity contribution in [3.8, 4) is 0 Å². The summed E-state index contributed by atoms with van der Waals surface area (Å²) < 4.78 is 5.32. The summed E-state index contributed by atoms with van der Waals surface area (Å²) in [5.41, 5.74) is -0.852. The smallest absolute Gasteiger partial charge is 0.410 e. The van der Waals surface area contributed by atoms with Gasteiger partial charge in [0.1, 0.15) is 11.1 Å². The van der Waals surface area contributed by atoms with E-state index in [1.54, 1.807) is 32.9 Å². The van der Waals surface area contributed by atoms with Gasteiger partial charge in [0.05, 0.1) is 6.54 Å². The number of ether oxygens (including phenoxy) is 1. The minimum absolute atomic E-state index is 0.0742. The number of halogens is 1. The molecule has 1 aliphatic heterocycles. The van der Waals surface area contributed by atoms with Gasteiger partial charge in [-0.25, -0.2) is 4.79 Å². The van der Waals surface area contributed by atoms with Gasteiger partial charge in [0, 0.05) is 18.1 Å². The Balaban J connectivity index is 2.03. The summed E-state index contributed by atoms with van der Waals surface area (Å²) in [7, 11) is 0. The largest absolute Gasteiger partial charge is 0.480 e. The van der Waals surface area contributed by atoms with E-state index in [4.69, 9.17) is 16.3 Å². The number of amides is 1. The normalized spacial score (nSPS) is 20.9. The Labute approximate surface area is 146 Å². The second kappa shape index (κ2) is 6.99. The van der Waals surface area contributed by atoms with Crippen molar-refractivity contribution in [3.63, 3.8) is 0 Å². The van der Waals surface area contributed by atoms with E-state index in [2.05, 4.69) is 5.32 Å². The van der Waals surface area contributed by atoms with E-state index in [1.165, 1.54) is 4.90 Å². The molecule has 2 N–H and O–H groups in total. The average molecular weight is 355 g/mol. The SMILES string of the molecule is CC(C)(C)OC(=O)N1CCC(NCc2ccc(Cl)cc2)(C(=O)O)C1. The average Bonchev–Trinajstić information content (AvgIpc) is 2.91. The summed E-state index contributed by atoms with van der Waals surface area (Å²) in [6.07, 6.45) is -0.159. The van der Waals surface area contributed by atoms with Crippen LogP contribution in [0.1, 0.15) is 32.8 Å². The number of nitrogens with zero attached hydrogens (tertiary/aromatic N) is 1. The highest BCUT2D eigenvalue weighted by Crippen LogP contribution is 2.24. The lowest BCUT2D eigenvalue weighted by Gasteiger charge is -2.28. The molecule has 1 amide bonds. The van der Waals surface area contributed by atoms with E-state index in [0.717, 1.165) is 5.56 Å². The van der Waals surface area contributed by atoms with E-state index in [9.17, 15) is 14.7 Å². The van der Waals surface area contributed by atoms with Gasteiger partial charge in [-0.3, -0.25) is 10.1 Å². The molecule has 1 atom stereocenters. The number of carboxylic acid groups (broad SMARTS) is 1. The third-order valence-corrected chi connectivity index (χ3v) is 4.13. The third-order valence-electron chi connectivity index (χ3n) is 3.87. The van der Waals surface area contributed by atoms with E-state index in [1.807, 2.05) is 12.1 Å². The first-order valence-corrected chi connectivity index (χ1v) is 8.20. The van der Waals surface area contributed by atoms with Crippen LogP contribution < -0.4 is 5.32 Å². The number of carboxylic acids is 1. The van der Waals surface area contributed by atoms with E-state index >= 15 is 0 Å². The molecule has 1 aliphatic rings. The minimum atomic E-state index is -1.17. The summed E-state index contributed by atoms with van der Waals surface area (Å²) in [5.74, 6) is -0.970. The lowest BCUT2D eigenvalue weighted by atomic mass is 9.98. The van der Waals surface area contributed by atoms with Crippen LogP contribution in [0.15, 0.2) is 24.3 Å². The van der Waals surface area contributed by atoms with Gasteiger partial charge in [0.15, 0.2) is 0 Å². The summed E-state index contributed by atoms with van der Waals surface area (Å²) >= 11 is 5.85. The number of nitrogens with one attached hydrogen (secondary N) is 1. The number of carbonyl (C=O) groups is 2. The number of aliphatic carboxylic acids is 1. The topological polar surface area (TPSA) is 78.9 Å². The lowest BCUT2D eigenvalue weighted by Crippen LogP contribution is -2.54. The predicted octanol–water partition coefficient (Wildman–Crippen LogP) is 2.89. The summed E-state index contributed by atoms with van der Waals surface area (Å²) in [5, 5.41) is 13.4. The highest BCUT2D eigenvalue weighted by Gasteiger charge is 2.46. The highest BCUT2D eigenvalue weighted by molar-refractivity contribution is 6.30. The van der Waals surface area contributed by atoms with Crippen molar-refractivity contribution in [2.24, 2.45) is 0 Å². The molecule has 1 saturated heterocycles. The van der Waals surface area contributed by atoms with Crippen LogP contribution >= 0.6 is 11.6 Å². The van der Waals surface area contributed by atoms with Crippen LogP contribution in [-0.4, -0.2) is 46.3 Å². The van der Waals surface area contributed by atoms with Crippen molar-refractivity contribution in [2.75, 3.05) is 13.1 Å². The monoisotopic (exact) mass is 354 g/mol. The number of carbonyl (C=O) groups excluding carboxylic acids is 1. The lowest BCUT2D eigenvalue weighted by molar-refractivity contribution is -0.144. The minimum Gasteiger partial charge on any atom is -0.480 e. The Morgan fingerprint density at radius 3 is 2.50 bits per heavy atom. The first kappa shape index (κ1) is 18.5. The molecule has 132 valence electrons. The van der Waals surface area contributed by atoms with Crippen molar-refractivity contribution < 1.29 is 19.4 Å². The maximum Gasteiger partial charge on any atom is 0.410 e. The van der Waals surface area contributed by atoms with Crippen molar-refractivity contribution in [1.29, 1.82) is 0 Å². The quantitative estimate of drug-likeness (QED) is 0.869. The zero-order valence-corrected chi connectivity index (χ0v) is 14.9. The van der Waals surface area contributed by atoms with Gasteiger partial charge in [-0.2, -0.15) is 0 Å². The molecule has 0 aliphatic carbocycles. The molecule has 1 aromatic rings. The van der Waals surface area contributed by atoms with Crippen LogP contribution in [0.5, 0.6) is 0 Å². The maximum atomic E-state index is 12.2. The highest BCUT2D eigenvalue weighted by atomic mass is 35.5. The van der Waals surface area contributed by atoms with Crippen molar-refractivity contribution in [2.45, 2.75) is 44.9 Å². The molecule has 0 saturated carbocycles.